The number of thioether (sulfide) groups is 1. The standard InChI is InChI=1S/C11H23NS/c1-8(2)11(10-5-6-10)12-7-9(3)13-4/h8-12H,5-7H2,1-4H3. The van der Waals surface area contributed by atoms with E-state index >= 15 is 0 Å². The average molecular weight is 201 g/mol. The normalized spacial score (nSPS) is 21.9. The SMILES string of the molecule is CSC(C)CNC(C(C)C)C1CC1. The summed E-state index contributed by atoms with van der Waals surface area (Å²) in [6, 6.07) is 0.773. The molecule has 0 aromatic rings. The zero-order valence-corrected chi connectivity index (χ0v) is 10.2. The molecule has 0 aromatic carbocycles. The maximum absolute atomic E-state index is 3.71. The third-order valence-corrected chi connectivity index (χ3v) is 3.86. The van der Waals surface area contributed by atoms with E-state index in [1.807, 2.05) is 11.8 Å². The lowest BCUT2D eigenvalue weighted by atomic mass is 9.99. The first-order chi connectivity index (χ1) is 6.15. The second kappa shape index (κ2) is 5.26. The summed E-state index contributed by atoms with van der Waals surface area (Å²) in [5, 5.41) is 4.46. The van der Waals surface area contributed by atoms with Crippen molar-refractivity contribution in [1.82, 2.24) is 5.32 Å². The fraction of sp³-hybridized carbons (Fsp3) is 1.00. The van der Waals surface area contributed by atoms with Crippen LogP contribution in [0.4, 0.5) is 0 Å². The van der Waals surface area contributed by atoms with Crippen LogP contribution in [-0.2, 0) is 0 Å². The van der Waals surface area contributed by atoms with Gasteiger partial charge in [0.05, 0.1) is 0 Å². The van der Waals surface area contributed by atoms with Crippen molar-refractivity contribution in [3.05, 3.63) is 0 Å². The predicted molar refractivity (Wildman–Crippen MR) is 62.3 cm³/mol. The Morgan fingerprint density at radius 2 is 1.92 bits per heavy atom. The monoisotopic (exact) mass is 201 g/mol. The van der Waals surface area contributed by atoms with Crippen LogP contribution in [0.5, 0.6) is 0 Å². The summed E-state index contributed by atoms with van der Waals surface area (Å²) in [7, 11) is 0. The van der Waals surface area contributed by atoms with Gasteiger partial charge in [0.25, 0.3) is 0 Å². The molecule has 2 atom stereocenters. The van der Waals surface area contributed by atoms with E-state index < -0.39 is 0 Å². The van der Waals surface area contributed by atoms with Gasteiger partial charge in [-0.25, -0.2) is 0 Å². The summed E-state index contributed by atoms with van der Waals surface area (Å²) in [5.41, 5.74) is 0. The molecule has 0 saturated heterocycles. The van der Waals surface area contributed by atoms with Crippen molar-refractivity contribution < 1.29 is 0 Å². The molecule has 78 valence electrons. The molecule has 2 heteroatoms. The van der Waals surface area contributed by atoms with Crippen molar-refractivity contribution in [3.63, 3.8) is 0 Å². The van der Waals surface area contributed by atoms with Gasteiger partial charge in [-0.05, 0) is 30.9 Å². The minimum Gasteiger partial charge on any atom is -0.312 e. The first-order valence-corrected chi connectivity index (χ1v) is 6.70. The maximum atomic E-state index is 3.71. The molecule has 1 rings (SSSR count). The number of hydrogen-bond acceptors (Lipinski definition) is 2. The minimum atomic E-state index is 0.750. The molecular weight excluding hydrogens is 178 g/mol. The molecule has 1 N–H and O–H groups in total. The minimum absolute atomic E-state index is 0.750. The molecule has 0 spiro atoms. The highest BCUT2D eigenvalue weighted by atomic mass is 32.2. The summed E-state index contributed by atoms with van der Waals surface area (Å²) in [6.45, 7) is 8.13. The van der Waals surface area contributed by atoms with Gasteiger partial charge in [-0.1, -0.05) is 20.8 Å². The van der Waals surface area contributed by atoms with Crippen LogP contribution in [0, 0.1) is 11.8 Å². The van der Waals surface area contributed by atoms with Gasteiger partial charge in [-0.3, -0.25) is 0 Å². The van der Waals surface area contributed by atoms with Gasteiger partial charge < -0.3 is 5.32 Å². The van der Waals surface area contributed by atoms with Gasteiger partial charge in [0.1, 0.15) is 0 Å². The zero-order chi connectivity index (χ0) is 9.84. The fourth-order valence-corrected chi connectivity index (χ4v) is 2.05. The Hall–Kier alpha value is 0.310. The van der Waals surface area contributed by atoms with Gasteiger partial charge in [-0.15, -0.1) is 0 Å². The molecule has 1 aliphatic carbocycles. The number of nitrogens with one attached hydrogen (secondary N) is 1. The molecule has 0 aromatic heterocycles. The van der Waals surface area contributed by atoms with Crippen molar-refractivity contribution in [1.29, 1.82) is 0 Å². The van der Waals surface area contributed by atoms with E-state index in [0.717, 1.165) is 23.1 Å². The van der Waals surface area contributed by atoms with Crippen molar-refractivity contribution in [2.75, 3.05) is 12.8 Å². The average Bonchev–Trinajstić information content (AvgIpc) is 2.87. The number of rotatable bonds is 6. The molecule has 1 saturated carbocycles. The van der Waals surface area contributed by atoms with E-state index in [1.54, 1.807) is 0 Å². The molecular formula is C11H23NS. The highest BCUT2D eigenvalue weighted by Crippen LogP contribution is 2.35. The van der Waals surface area contributed by atoms with Gasteiger partial charge in [-0.2, -0.15) is 11.8 Å². The van der Waals surface area contributed by atoms with Crippen molar-refractivity contribution in [3.8, 4) is 0 Å². The van der Waals surface area contributed by atoms with Crippen LogP contribution in [0.3, 0.4) is 0 Å². The third kappa shape index (κ3) is 3.90. The van der Waals surface area contributed by atoms with Crippen LogP contribution in [0.15, 0.2) is 0 Å². The Morgan fingerprint density at radius 3 is 2.31 bits per heavy atom. The lowest BCUT2D eigenvalue weighted by molar-refractivity contribution is 0.363. The van der Waals surface area contributed by atoms with Crippen LogP contribution in [-0.4, -0.2) is 24.1 Å². The summed E-state index contributed by atoms with van der Waals surface area (Å²) in [5.74, 6) is 1.77. The van der Waals surface area contributed by atoms with Crippen molar-refractivity contribution in [2.24, 2.45) is 11.8 Å². The molecule has 13 heavy (non-hydrogen) atoms. The lowest BCUT2D eigenvalue weighted by Gasteiger charge is -2.23. The summed E-state index contributed by atoms with van der Waals surface area (Å²) >= 11 is 1.95. The summed E-state index contributed by atoms with van der Waals surface area (Å²) in [6.07, 6.45) is 5.08. The highest BCUT2D eigenvalue weighted by molar-refractivity contribution is 7.99. The second-order valence-corrected chi connectivity index (χ2v) is 5.84. The zero-order valence-electron chi connectivity index (χ0n) is 9.34. The largest absolute Gasteiger partial charge is 0.312 e. The van der Waals surface area contributed by atoms with Gasteiger partial charge in [0, 0.05) is 17.8 Å². The smallest absolute Gasteiger partial charge is 0.0141 e. The van der Waals surface area contributed by atoms with E-state index in [-0.39, 0.29) is 0 Å². The Balaban J connectivity index is 2.22. The fourth-order valence-electron chi connectivity index (χ4n) is 1.79. The first kappa shape index (κ1) is 11.4. The van der Waals surface area contributed by atoms with Crippen LogP contribution in [0.25, 0.3) is 0 Å². The molecule has 1 nitrogen and oxygen atoms in total. The second-order valence-electron chi connectivity index (χ2n) is 4.56. The molecule has 2 unspecified atom stereocenters. The lowest BCUT2D eigenvalue weighted by Crippen LogP contribution is -2.39. The summed E-state index contributed by atoms with van der Waals surface area (Å²) in [4.78, 5) is 0. The maximum Gasteiger partial charge on any atom is 0.0141 e. The van der Waals surface area contributed by atoms with E-state index in [9.17, 15) is 0 Å². The molecule has 0 aliphatic heterocycles. The van der Waals surface area contributed by atoms with Crippen LogP contribution < -0.4 is 5.32 Å². The van der Waals surface area contributed by atoms with E-state index in [2.05, 4.69) is 32.3 Å². The van der Waals surface area contributed by atoms with Crippen LogP contribution in [0.2, 0.25) is 0 Å². The summed E-state index contributed by atoms with van der Waals surface area (Å²) < 4.78 is 0. The molecule has 1 aliphatic rings. The Labute approximate surface area is 87.1 Å². The quantitative estimate of drug-likeness (QED) is 0.709. The molecule has 0 radical (unpaired) electrons. The van der Waals surface area contributed by atoms with Gasteiger partial charge >= 0.3 is 0 Å². The molecule has 0 amide bonds. The van der Waals surface area contributed by atoms with E-state index in [1.165, 1.54) is 19.4 Å². The topological polar surface area (TPSA) is 12.0 Å². The van der Waals surface area contributed by atoms with Crippen LogP contribution in [0.1, 0.15) is 33.6 Å². The third-order valence-electron chi connectivity index (χ3n) is 2.89. The molecule has 1 fully saturated rings. The Morgan fingerprint density at radius 1 is 1.31 bits per heavy atom. The van der Waals surface area contributed by atoms with E-state index in [0.29, 0.717) is 0 Å². The van der Waals surface area contributed by atoms with E-state index in [4.69, 9.17) is 0 Å². The van der Waals surface area contributed by atoms with Crippen molar-refractivity contribution in [2.45, 2.75) is 44.9 Å². The molecule has 0 bridgehead atoms. The first-order valence-electron chi connectivity index (χ1n) is 5.41. The molecule has 0 heterocycles. The van der Waals surface area contributed by atoms with Crippen LogP contribution >= 0.6 is 11.8 Å². The van der Waals surface area contributed by atoms with Crippen molar-refractivity contribution >= 4 is 11.8 Å². The Bertz CT molecular complexity index is 141. The van der Waals surface area contributed by atoms with Gasteiger partial charge in [0.2, 0.25) is 0 Å². The Kier molecular flexibility index (Phi) is 4.60. The van der Waals surface area contributed by atoms with Gasteiger partial charge in [0.15, 0.2) is 0 Å². The number of hydrogen-bond donors (Lipinski definition) is 1. The highest BCUT2D eigenvalue weighted by Gasteiger charge is 2.32. The predicted octanol–water partition coefficient (Wildman–Crippen LogP) is 2.76.